The van der Waals surface area contributed by atoms with Gasteiger partial charge in [-0.1, -0.05) is 18.2 Å². The van der Waals surface area contributed by atoms with Gasteiger partial charge in [0.25, 0.3) is 5.91 Å². The zero-order valence-electron chi connectivity index (χ0n) is 22.2. The molecule has 7 rings (SSSR count). The minimum absolute atomic E-state index is 0.198. The molecule has 1 saturated carbocycles. The van der Waals surface area contributed by atoms with Crippen LogP contribution < -0.4 is 15.5 Å². The molecule has 8 nitrogen and oxygen atoms in total. The predicted octanol–water partition coefficient (Wildman–Crippen LogP) is 3.55. The van der Waals surface area contributed by atoms with Crippen LogP contribution in [0, 0.1) is 0 Å². The normalized spacial score (nSPS) is 21.6. The zero-order chi connectivity index (χ0) is 26.0. The molecule has 2 N–H and O–H groups in total. The summed E-state index contributed by atoms with van der Waals surface area (Å²) in [6, 6.07) is 16.0. The number of carbonyl (C=O) groups is 1. The molecule has 3 aliphatic heterocycles. The van der Waals surface area contributed by atoms with Crippen molar-refractivity contribution in [3.05, 3.63) is 64.7 Å². The second-order valence-corrected chi connectivity index (χ2v) is 11.4. The number of nitrogen functional groups attached to an aromatic ring is 1. The van der Waals surface area contributed by atoms with Gasteiger partial charge in [-0.15, -0.1) is 0 Å². The number of nitrogens with zero attached hydrogens (tertiary/aromatic N) is 6. The van der Waals surface area contributed by atoms with Gasteiger partial charge in [0.05, 0.1) is 0 Å². The SMILES string of the molecule is CC1Cc2ccc(-c3ccc4c(c3)CN(C3CC3)C4=O)cc2CN1c1cc(N2CCN(C)CC2)nc(N)n1. The van der Waals surface area contributed by atoms with Crippen molar-refractivity contribution in [2.45, 2.75) is 51.4 Å². The third-order valence-electron chi connectivity index (χ3n) is 8.69. The maximum Gasteiger partial charge on any atom is 0.254 e. The van der Waals surface area contributed by atoms with E-state index in [0.29, 0.717) is 18.0 Å². The van der Waals surface area contributed by atoms with Crippen LogP contribution in [0.3, 0.4) is 0 Å². The van der Waals surface area contributed by atoms with Crippen LogP contribution in [0.25, 0.3) is 11.1 Å². The van der Waals surface area contributed by atoms with Crippen molar-refractivity contribution in [3.8, 4) is 11.1 Å². The lowest BCUT2D eigenvalue weighted by Crippen LogP contribution is -2.45. The number of hydrogen-bond donors (Lipinski definition) is 1. The van der Waals surface area contributed by atoms with Crippen LogP contribution in [0.4, 0.5) is 17.6 Å². The molecule has 8 heteroatoms. The van der Waals surface area contributed by atoms with Gasteiger partial charge in [0.15, 0.2) is 0 Å². The lowest BCUT2D eigenvalue weighted by molar-refractivity contribution is 0.0766. The highest BCUT2D eigenvalue weighted by Crippen LogP contribution is 2.37. The van der Waals surface area contributed by atoms with Gasteiger partial charge in [-0.2, -0.15) is 9.97 Å². The van der Waals surface area contributed by atoms with Crippen LogP contribution in [0.1, 0.15) is 46.8 Å². The van der Waals surface area contributed by atoms with Crippen LogP contribution in [-0.2, 0) is 19.5 Å². The molecule has 0 bridgehead atoms. The fraction of sp³-hybridized carbons (Fsp3) is 0.433. The predicted molar refractivity (Wildman–Crippen MR) is 150 cm³/mol. The van der Waals surface area contributed by atoms with E-state index < -0.39 is 0 Å². The minimum atomic E-state index is 0.198. The standard InChI is InChI=1S/C30H35N7O/c1-19-13-20-3-4-21(22-5-8-26-24(15-22)18-37(29(26)38)25-6-7-25)14-23(20)17-36(19)28-16-27(32-30(31)33-28)35-11-9-34(2)10-12-35/h3-5,8,14-16,19,25H,6-7,9-13,17-18H2,1-2H3,(H2,31,32,33). The summed E-state index contributed by atoms with van der Waals surface area (Å²) in [5, 5.41) is 0. The Kier molecular flexibility index (Phi) is 5.54. The van der Waals surface area contributed by atoms with Crippen LogP contribution >= 0.6 is 0 Å². The topological polar surface area (TPSA) is 81.8 Å². The molecule has 1 saturated heterocycles. The van der Waals surface area contributed by atoms with Crippen molar-refractivity contribution in [2.75, 3.05) is 48.8 Å². The first kappa shape index (κ1) is 23.5. The second kappa shape index (κ2) is 8.98. The Morgan fingerprint density at radius 2 is 1.50 bits per heavy atom. The van der Waals surface area contributed by atoms with Crippen molar-refractivity contribution < 1.29 is 4.79 Å². The quantitative estimate of drug-likeness (QED) is 0.576. The van der Waals surface area contributed by atoms with E-state index in [2.05, 4.69) is 75.0 Å². The Balaban J connectivity index is 1.16. The average molecular weight is 510 g/mol. The molecule has 196 valence electrons. The van der Waals surface area contributed by atoms with Crippen LogP contribution in [0.2, 0.25) is 0 Å². The highest BCUT2D eigenvalue weighted by Gasteiger charge is 2.38. The number of rotatable bonds is 4. The fourth-order valence-electron chi connectivity index (χ4n) is 6.21. The van der Waals surface area contributed by atoms with Crippen molar-refractivity contribution >= 4 is 23.5 Å². The molecule has 1 aliphatic carbocycles. The number of carbonyl (C=O) groups excluding carboxylic acids is 1. The van der Waals surface area contributed by atoms with Gasteiger partial charge in [-0.3, -0.25) is 4.79 Å². The molecule has 4 heterocycles. The molecule has 4 aliphatic rings. The molecule has 2 aromatic carbocycles. The molecule has 2 fully saturated rings. The Hall–Kier alpha value is -3.65. The highest BCUT2D eigenvalue weighted by atomic mass is 16.2. The summed E-state index contributed by atoms with van der Waals surface area (Å²) in [7, 11) is 2.16. The Labute approximate surface area is 224 Å². The molecule has 1 aromatic heterocycles. The van der Waals surface area contributed by atoms with E-state index in [1.807, 2.05) is 11.0 Å². The monoisotopic (exact) mass is 509 g/mol. The van der Waals surface area contributed by atoms with Crippen LogP contribution in [0.15, 0.2) is 42.5 Å². The van der Waals surface area contributed by atoms with Crippen LogP contribution in [0.5, 0.6) is 0 Å². The van der Waals surface area contributed by atoms with E-state index in [9.17, 15) is 4.79 Å². The summed E-state index contributed by atoms with van der Waals surface area (Å²) in [6.45, 7) is 7.71. The smallest absolute Gasteiger partial charge is 0.254 e. The molecule has 3 aromatic rings. The van der Waals surface area contributed by atoms with E-state index in [4.69, 9.17) is 5.73 Å². The summed E-state index contributed by atoms with van der Waals surface area (Å²) in [4.78, 5) is 31.1. The Morgan fingerprint density at radius 1 is 0.816 bits per heavy atom. The van der Waals surface area contributed by atoms with E-state index in [0.717, 1.165) is 81.3 Å². The summed E-state index contributed by atoms with van der Waals surface area (Å²) >= 11 is 0. The minimum Gasteiger partial charge on any atom is -0.368 e. The molecule has 0 spiro atoms. The number of hydrogen-bond acceptors (Lipinski definition) is 7. The summed E-state index contributed by atoms with van der Waals surface area (Å²) in [6.07, 6.45) is 3.24. The van der Waals surface area contributed by atoms with Gasteiger partial charge in [0.1, 0.15) is 11.6 Å². The second-order valence-electron chi connectivity index (χ2n) is 11.4. The maximum atomic E-state index is 12.8. The van der Waals surface area contributed by atoms with Crippen molar-refractivity contribution in [1.29, 1.82) is 0 Å². The van der Waals surface area contributed by atoms with Gasteiger partial charge >= 0.3 is 0 Å². The number of benzene rings is 2. The molecule has 1 amide bonds. The van der Waals surface area contributed by atoms with E-state index in [1.165, 1.54) is 22.3 Å². The number of likely N-dealkylation sites (N-methyl/N-ethyl adjacent to an activating group) is 1. The Morgan fingerprint density at radius 3 is 2.26 bits per heavy atom. The molecule has 1 unspecified atom stereocenters. The van der Waals surface area contributed by atoms with E-state index >= 15 is 0 Å². The first-order chi connectivity index (χ1) is 18.4. The van der Waals surface area contributed by atoms with Gasteiger partial charge < -0.3 is 25.3 Å². The van der Waals surface area contributed by atoms with Gasteiger partial charge in [0, 0.05) is 63.0 Å². The number of amides is 1. The van der Waals surface area contributed by atoms with Gasteiger partial charge in [-0.25, -0.2) is 0 Å². The van der Waals surface area contributed by atoms with E-state index in [-0.39, 0.29) is 5.91 Å². The number of nitrogens with two attached hydrogens (primary N) is 1. The molecular weight excluding hydrogens is 474 g/mol. The highest BCUT2D eigenvalue weighted by molar-refractivity contribution is 5.99. The molecule has 1 atom stereocenters. The average Bonchev–Trinajstić information content (AvgIpc) is 3.71. The van der Waals surface area contributed by atoms with Crippen molar-refractivity contribution in [3.63, 3.8) is 0 Å². The van der Waals surface area contributed by atoms with E-state index in [1.54, 1.807) is 0 Å². The largest absolute Gasteiger partial charge is 0.368 e. The first-order valence-corrected chi connectivity index (χ1v) is 13.8. The van der Waals surface area contributed by atoms with Crippen molar-refractivity contribution in [2.24, 2.45) is 0 Å². The molecule has 38 heavy (non-hydrogen) atoms. The number of piperazine rings is 1. The lowest BCUT2D eigenvalue weighted by Gasteiger charge is -2.37. The molecule has 0 radical (unpaired) electrons. The zero-order valence-corrected chi connectivity index (χ0v) is 22.2. The Bertz CT molecular complexity index is 1410. The number of aromatic nitrogens is 2. The van der Waals surface area contributed by atoms with Gasteiger partial charge in [0.2, 0.25) is 5.95 Å². The van der Waals surface area contributed by atoms with Crippen molar-refractivity contribution in [1.82, 2.24) is 19.8 Å². The molecular formula is C30H35N7O. The fourth-order valence-corrected chi connectivity index (χ4v) is 6.21. The number of fused-ring (bicyclic) bond motifs is 2. The van der Waals surface area contributed by atoms with Gasteiger partial charge in [-0.05, 0) is 79.3 Å². The first-order valence-electron chi connectivity index (χ1n) is 13.8. The maximum absolute atomic E-state index is 12.8. The number of anilines is 3. The lowest BCUT2D eigenvalue weighted by atomic mass is 9.91. The summed E-state index contributed by atoms with van der Waals surface area (Å²) in [5.41, 5.74) is 13.3. The summed E-state index contributed by atoms with van der Waals surface area (Å²) < 4.78 is 0. The third kappa shape index (κ3) is 4.17. The van der Waals surface area contributed by atoms with Crippen LogP contribution in [-0.4, -0.2) is 71.0 Å². The summed E-state index contributed by atoms with van der Waals surface area (Å²) in [5.74, 6) is 2.34. The third-order valence-corrected chi connectivity index (χ3v) is 8.69.